The van der Waals surface area contributed by atoms with Crippen LogP contribution in [0.25, 0.3) is 10.9 Å². The van der Waals surface area contributed by atoms with Gasteiger partial charge < -0.3 is 15.6 Å². The third-order valence-electron chi connectivity index (χ3n) is 3.21. The highest BCUT2D eigenvalue weighted by molar-refractivity contribution is 6.07. The Bertz CT molecular complexity index is 810. The van der Waals surface area contributed by atoms with Crippen molar-refractivity contribution in [3.63, 3.8) is 0 Å². The van der Waals surface area contributed by atoms with Crippen LogP contribution in [0.2, 0.25) is 0 Å². The van der Waals surface area contributed by atoms with Gasteiger partial charge in [0.15, 0.2) is 5.69 Å². The molecule has 2 heterocycles. The zero-order valence-electron chi connectivity index (χ0n) is 11.5. The number of pyridine rings is 1. The Morgan fingerprint density at radius 3 is 2.95 bits per heavy atom. The van der Waals surface area contributed by atoms with Gasteiger partial charge in [-0.25, -0.2) is 0 Å². The van der Waals surface area contributed by atoms with Crippen LogP contribution in [-0.2, 0) is 6.42 Å². The molecule has 0 saturated heterocycles. The summed E-state index contributed by atoms with van der Waals surface area (Å²) in [5.74, 6) is 0.284. The molecule has 0 aliphatic heterocycles. The molecule has 3 N–H and O–H groups in total. The summed E-state index contributed by atoms with van der Waals surface area (Å²) in [4.78, 5) is 16.4. The highest BCUT2D eigenvalue weighted by Crippen LogP contribution is 2.26. The quantitative estimate of drug-likeness (QED) is 0.770. The molecule has 0 spiro atoms. The molecule has 0 bridgehead atoms. The van der Waals surface area contributed by atoms with E-state index in [-0.39, 0.29) is 11.6 Å². The first kappa shape index (κ1) is 13.1. The molecule has 1 aromatic carbocycles. The molecule has 0 aliphatic rings. The number of para-hydroxylation sites is 1. The van der Waals surface area contributed by atoms with Crippen molar-refractivity contribution in [3.8, 4) is 0 Å². The summed E-state index contributed by atoms with van der Waals surface area (Å²) in [7, 11) is 0. The fraction of sp³-hybridized carbons (Fsp3) is 0.133. The van der Waals surface area contributed by atoms with Crippen molar-refractivity contribution in [2.24, 2.45) is 0 Å². The van der Waals surface area contributed by atoms with Crippen LogP contribution in [-0.4, -0.2) is 16.0 Å². The van der Waals surface area contributed by atoms with Gasteiger partial charge in [0.05, 0.1) is 23.1 Å². The smallest absolute Gasteiger partial charge is 0.277 e. The van der Waals surface area contributed by atoms with Crippen LogP contribution in [0.3, 0.4) is 0 Å². The van der Waals surface area contributed by atoms with E-state index >= 15 is 0 Å². The fourth-order valence-electron chi connectivity index (χ4n) is 2.04. The second-order valence-electron chi connectivity index (χ2n) is 4.59. The minimum atomic E-state index is -0.373. The molecular weight excluding hydrogens is 268 g/mol. The molecule has 3 rings (SSSR count). The number of benzene rings is 1. The molecule has 21 heavy (non-hydrogen) atoms. The van der Waals surface area contributed by atoms with Crippen LogP contribution in [0, 0.1) is 0 Å². The number of nitrogen functional groups attached to an aromatic ring is 1. The zero-order chi connectivity index (χ0) is 14.8. The average Bonchev–Trinajstić information content (AvgIpc) is 2.99. The zero-order valence-corrected chi connectivity index (χ0v) is 11.5. The largest absolute Gasteiger partial charge is 0.396 e. The molecule has 106 valence electrons. The van der Waals surface area contributed by atoms with Crippen molar-refractivity contribution in [2.45, 2.75) is 13.3 Å². The summed E-state index contributed by atoms with van der Waals surface area (Å²) in [6, 6.07) is 9.09. The monoisotopic (exact) mass is 282 g/mol. The first-order valence-electron chi connectivity index (χ1n) is 6.59. The second-order valence-corrected chi connectivity index (χ2v) is 4.59. The van der Waals surface area contributed by atoms with Gasteiger partial charge in [0, 0.05) is 17.9 Å². The lowest BCUT2D eigenvalue weighted by molar-refractivity contribution is 0.101. The van der Waals surface area contributed by atoms with Crippen molar-refractivity contribution in [2.75, 3.05) is 11.1 Å². The van der Waals surface area contributed by atoms with Crippen LogP contribution in [0.4, 0.5) is 11.4 Å². The van der Waals surface area contributed by atoms with Gasteiger partial charge in [-0.15, -0.1) is 0 Å². The standard InChI is InChI=1S/C15H14N4O2/c1-2-9-7-12(19-21-9)15(20)18-13-8-17-11-6-4-3-5-10(11)14(13)16/h3-8H,2H2,1H3,(H2,16,17)(H,18,20). The number of rotatable bonds is 3. The van der Waals surface area contributed by atoms with Gasteiger partial charge in [0.2, 0.25) is 0 Å². The molecule has 0 fully saturated rings. The van der Waals surface area contributed by atoms with E-state index in [4.69, 9.17) is 10.3 Å². The van der Waals surface area contributed by atoms with E-state index < -0.39 is 0 Å². The number of amides is 1. The summed E-state index contributed by atoms with van der Waals surface area (Å²) >= 11 is 0. The normalized spacial score (nSPS) is 10.7. The summed E-state index contributed by atoms with van der Waals surface area (Å²) in [5, 5.41) is 7.23. The Morgan fingerprint density at radius 1 is 1.38 bits per heavy atom. The lowest BCUT2D eigenvalue weighted by atomic mass is 10.1. The summed E-state index contributed by atoms with van der Waals surface area (Å²) in [5.41, 5.74) is 8.02. The number of carbonyl (C=O) groups excluding carboxylic acids is 1. The van der Waals surface area contributed by atoms with Crippen LogP contribution >= 0.6 is 0 Å². The maximum absolute atomic E-state index is 12.1. The van der Waals surface area contributed by atoms with Crippen molar-refractivity contribution in [1.29, 1.82) is 0 Å². The topological polar surface area (TPSA) is 94.0 Å². The molecule has 3 aromatic rings. The van der Waals surface area contributed by atoms with Crippen LogP contribution < -0.4 is 11.1 Å². The number of fused-ring (bicyclic) bond motifs is 1. The number of hydrogen-bond acceptors (Lipinski definition) is 5. The second kappa shape index (κ2) is 5.24. The van der Waals surface area contributed by atoms with Crippen LogP contribution in [0.5, 0.6) is 0 Å². The predicted octanol–water partition coefficient (Wildman–Crippen LogP) is 2.62. The Kier molecular flexibility index (Phi) is 3.27. The van der Waals surface area contributed by atoms with E-state index in [1.807, 2.05) is 31.2 Å². The summed E-state index contributed by atoms with van der Waals surface area (Å²) < 4.78 is 5.02. The van der Waals surface area contributed by atoms with Crippen molar-refractivity contribution in [1.82, 2.24) is 10.1 Å². The van der Waals surface area contributed by atoms with Gasteiger partial charge in [0.25, 0.3) is 5.91 Å². The highest BCUT2D eigenvalue weighted by atomic mass is 16.5. The number of aryl methyl sites for hydroxylation is 1. The minimum Gasteiger partial charge on any atom is -0.396 e. The van der Waals surface area contributed by atoms with Gasteiger partial charge in [-0.1, -0.05) is 30.3 Å². The number of carbonyl (C=O) groups is 1. The van der Waals surface area contributed by atoms with Crippen molar-refractivity contribution in [3.05, 3.63) is 48.0 Å². The van der Waals surface area contributed by atoms with Crippen molar-refractivity contribution >= 4 is 28.2 Å². The van der Waals surface area contributed by atoms with Crippen LogP contribution in [0.1, 0.15) is 23.2 Å². The van der Waals surface area contributed by atoms with Gasteiger partial charge in [-0.2, -0.15) is 0 Å². The molecule has 1 amide bonds. The van der Waals surface area contributed by atoms with E-state index in [1.54, 1.807) is 6.07 Å². The number of anilines is 2. The van der Waals surface area contributed by atoms with Crippen LogP contribution in [0.15, 0.2) is 41.1 Å². The number of nitrogens with zero attached hydrogens (tertiary/aromatic N) is 2. The van der Waals surface area contributed by atoms with E-state index in [9.17, 15) is 4.79 Å². The average molecular weight is 282 g/mol. The molecule has 6 heteroatoms. The lowest BCUT2D eigenvalue weighted by Crippen LogP contribution is -2.14. The Balaban J connectivity index is 1.91. The molecule has 0 unspecified atom stereocenters. The minimum absolute atomic E-state index is 0.222. The summed E-state index contributed by atoms with van der Waals surface area (Å²) in [6.07, 6.45) is 2.22. The SMILES string of the molecule is CCc1cc(C(=O)Nc2cnc3ccccc3c2N)no1. The Hall–Kier alpha value is -2.89. The molecular formula is C15H14N4O2. The lowest BCUT2D eigenvalue weighted by Gasteiger charge is -2.08. The van der Waals surface area contributed by atoms with Gasteiger partial charge in [-0.05, 0) is 6.07 Å². The van der Waals surface area contributed by atoms with Gasteiger partial charge >= 0.3 is 0 Å². The van der Waals surface area contributed by atoms with E-state index in [0.717, 1.165) is 10.9 Å². The number of hydrogen-bond donors (Lipinski definition) is 2. The third-order valence-corrected chi connectivity index (χ3v) is 3.21. The first-order valence-corrected chi connectivity index (χ1v) is 6.59. The first-order chi connectivity index (χ1) is 10.2. The molecule has 2 aromatic heterocycles. The molecule has 0 aliphatic carbocycles. The maximum Gasteiger partial charge on any atom is 0.277 e. The number of nitrogens with two attached hydrogens (primary N) is 1. The van der Waals surface area contributed by atoms with E-state index in [0.29, 0.717) is 23.6 Å². The molecule has 0 atom stereocenters. The Labute approximate surface area is 121 Å². The molecule has 0 saturated carbocycles. The predicted molar refractivity (Wildman–Crippen MR) is 80.0 cm³/mol. The van der Waals surface area contributed by atoms with Gasteiger partial charge in [0.1, 0.15) is 5.76 Å². The number of aromatic nitrogens is 2. The highest BCUT2D eigenvalue weighted by Gasteiger charge is 2.14. The van der Waals surface area contributed by atoms with Gasteiger partial charge in [-0.3, -0.25) is 9.78 Å². The van der Waals surface area contributed by atoms with Crippen molar-refractivity contribution < 1.29 is 9.32 Å². The molecule has 6 nitrogen and oxygen atoms in total. The van der Waals surface area contributed by atoms with E-state index in [1.165, 1.54) is 6.20 Å². The number of nitrogens with one attached hydrogen (secondary N) is 1. The summed E-state index contributed by atoms with van der Waals surface area (Å²) in [6.45, 7) is 1.92. The fourth-order valence-corrected chi connectivity index (χ4v) is 2.04. The third kappa shape index (κ3) is 2.43. The van der Waals surface area contributed by atoms with E-state index in [2.05, 4.69) is 15.5 Å². The molecule has 0 radical (unpaired) electrons. The Morgan fingerprint density at radius 2 is 2.19 bits per heavy atom. The maximum atomic E-state index is 12.1.